The van der Waals surface area contributed by atoms with Crippen LogP contribution < -0.4 is 10.6 Å². The molecular weight excluding hydrogens is 202 g/mol. The van der Waals surface area contributed by atoms with Crippen LogP contribution in [0.5, 0.6) is 0 Å². The first-order chi connectivity index (χ1) is 7.68. The summed E-state index contributed by atoms with van der Waals surface area (Å²) in [4.78, 5) is 14.1. The van der Waals surface area contributed by atoms with E-state index in [1.165, 1.54) is 12.8 Å². The molecule has 2 aliphatic rings. The Kier molecular flexibility index (Phi) is 3.82. The number of likely N-dealkylation sites (N-methyl/N-ethyl adjacent to an activating group) is 1. The summed E-state index contributed by atoms with van der Waals surface area (Å²) in [6.45, 7) is 4.14. The molecule has 2 atom stereocenters. The maximum Gasteiger partial charge on any atom is 0.237 e. The minimum atomic E-state index is -0.00880. The molecule has 0 radical (unpaired) electrons. The highest BCUT2D eigenvalue weighted by atomic mass is 16.2. The van der Waals surface area contributed by atoms with E-state index in [1.54, 1.807) is 0 Å². The van der Waals surface area contributed by atoms with E-state index in [-0.39, 0.29) is 11.9 Å². The molecule has 4 heteroatoms. The van der Waals surface area contributed by atoms with Gasteiger partial charge in [-0.3, -0.25) is 9.69 Å². The van der Waals surface area contributed by atoms with E-state index >= 15 is 0 Å². The average molecular weight is 225 g/mol. The Labute approximate surface area is 97.8 Å². The number of carbonyl (C=O) groups is 1. The summed E-state index contributed by atoms with van der Waals surface area (Å²) in [5.41, 5.74) is 0. The Balaban J connectivity index is 1.81. The van der Waals surface area contributed by atoms with Gasteiger partial charge in [0.25, 0.3) is 0 Å². The molecule has 4 nitrogen and oxygen atoms in total. The van der Waals surface area contributed by atoms with Crippen LogP contribution in [-0.4, -0.2) is 49.1 Å². The van der Waals surface area contributed by atoms with Crippen LogP contribution in [0.2, 0.25) is 0 Å². The third kappa shape index (κ3) is 2.95. The summed E-state index contributed by atoms with van der Waals surface area (Å²) in [7, 11) is 2.06. The third-order valence-electron chi connectivity index (χ3n) is 3.76. The molecule has 2 unspecified atom stereocenters. The summed E-state index contributed by atoms with van der Waals surface area (Å²) in [5.74, 6) is 0.190. The lowest BCUT2D eigenvalue weighted by Gasteiger charge is -2.35. The first kappa shape index (κ1) is 11.9. The monoisotopic (exact) mass is 225 g/mol. The van der Waals surface area contributed by atoms with Crippen molar-refractivity contribution in [3.8, 4) is 0 Å². The minimum absolute atomic E-state index is 0.00880. The molecule has 1 saturated heterocycles. The number of hydrogen-bond donors (Lipinski definition) is 2. The van der Waals surface area contributed by atoms with Crippen molar-refractivity contribution in [2.75, 3.05) is 20.1 Å². The van der Waals surface area contributed by atoms with Crippen LogP contribution in [0.1, 0.15) is 32.6 Å². The largest absolute Gasteiger partial charge is 0.352 e. The van der Waals surface area contributed by atoms with Gasteiger partial charge in [-0.15, -0.1) is 0 Å². The second-order valence-electron chi connectivity index (χ2n) is 5.12. The predicted octanol–water partition coefficient (Wildman–Crippen LogP) is 0.337. The van der Waals surface area contributed by atoms with Gasteiger partial charge in [-0.1, -0.05) is 0 Å². The van der Waals surface area contributed by atoms with E-state index in [9.17, 15) is 4.79 Å². The lowest BCUT2D eigenvalue weighted by atomic mass is 10.0. The molecule has 0 bridgehead atoms. The van der Waals surface area contributed by atoms with Gasteiger partial charge in [0.2, 0.25) is 5.91 Å². The van der Waals surface area contributed by atoms with Gasteiger partial charge in [-0.25, -0.2) is 0 Å². The number of carbonyl (C=O) groups excluding carboxylic acids is 1. The van der Waals surface area contributed by atoms with Gasteiger partial charge in [0, 0.05) is 18.6 Å². The first-order valence-electron chi connectivity index (χ1n) is 6.41. The zero-order valence-electron chi connectivity index (χ0n) is 10.3. The van der Waals surface area contributed by atoms with Gasteiger partial charge < -0.3 is 10.6 Å². The van der Waals surface area contributed by atoms with Crippen molar-refractivity contribution in [2.45, 2.75) is 50.7 Å². The van der Waals surface area contributed by atoms with Crippen LogP contribution >= 0.6 is 0 Å². The van der Waals surface area contributed by atoms with Crippen molar-refractivity contribution in [3.05, 3.63) is 0 Å². The number of nitrogens with zero attached hydrogens (tertiary/aromatic N) is 1. The summed E-state index contributed by atoms with van der Waals surface area (Å²) in [5, 5.41) is 6.46. The Morgan fingerprint density at radius 3 is 2.75 bits per heavy atom. The highest BCUT2D eigenvalue weighted by Crippen LogP contribution is 2.19. The van der Waals surface area contributed by atoms with Crippen molar-refractivity contribution >= 4 is 5.91 Å². The van der Waals surface area contributed by atoms with E-state index in [0.717, 1.165) is 25.9 Å². The molecule has 92 valence electrons. The van der Waals surface area contributed by atoms with Crippen molar-refractivity contribution in [1.29, 1.82) is 0 Å². The molecule has 2 N–H and O–H groups in total. The van der Waals surface area contributed by atoms with Gasteiger partial charge in [0.15, 0.2) is 0 Å². The molecule has 1 aliphatic heterocycles. The Morgan fingerprint density at radius 1 is 1.44 bits per heavy atom. The van der Waals surface area contributed by atoms with E-state index in [1.807, 2.05) is 6.92 Å². The SMILES string of the molecule is CC(C(=O)NC1CC1)N(C)C1CCCNC1. The van der Waals surface area contributed by atoms with Gasteiger partial charge in [-0.05, 0) is 46.2 Å². The molecule has 2 rings (SSSR count). The molecule has 16 heavy (non-hydrogen) atoms. The maximum atomic E-state index is 11.9. The normalized spacial score (nSPS) is 27.8. The van der Waals surface area contributed by atoms with Crippen LogP contribution in [0, 0.1) is 0 Å². The number of nitrogens with one attached hydrogen (secondary N) is 2. The van der Waals surface area contributed by atoms with Crippen LogP contribution in [0.3, 0.4) is 0 Å². The van der Waals surface area contributed by atoms with E-state index in [0.29, 0.717) is 12.1 Å². The zero-order chi connectivity index (χ0) is 11.5. The molecule has 0 aromatic heterocycles. The van der Waals surface area contributed by atoms with Crippen molar-refractivity contribution in [2.24, 2.45) is 0 Å². The molecule has 0 aromatic carbocycles. The van der Waals surface area contributed by atoms with Gasteiger partial charge in [-0.2, -0.15) is 0 Å². The minimum Gasteiger partial charge on any atom is -0.352 e. The number of amides is 1. The molecule has 1 amide bonds. The third-order valence-corrected chi connectivity index (χ3v) is 3.76. The van der Waals surface area contributed by atoms with Crippen LogP contribution in [0.25, 0.3) is 0 Å². The number of rotatable bonds is 4. The van der Waals surface area contributed by atoms with Crippen LogP contribution in [-0.2, 0) is 4.79 Å². The lowest BCUT2D eigenvalue weighted by molar-refractivity contribution is -0.126. The quantitative estimate of drug-likeness (QED) is 0.725. The predicted molar refractivity (Wildman–Crippen MR) is 64.3 cm³/mol. The topological polar surface area (TPSA) is 44.4 Å². The van der Waals surface area contributed by atoms with E-state index in [2.05, 4.69) is 22.6 Å². The molecular formula is C12H23N3O. The fourth-order valence-electron chi connectivity index (χ4n) is 2.23. The first-order valence-corrected chi connectivity index (χ1v) is 6.41. The summed E-state index contributed by atoms with van der Waals surface area (Å²) in [6, 6.07) is 0.965. The molecule has 1 heterocycles. The Hall–Kier alpha value is -0.610. The maximum absolute atomic E-state index is 11.9. The standard InChI is InChI=1S/C12H23N3O/c1-9(12(16)14-10-5-6-10)15(2)11-4-3-7-13-8-11/h9-11,13H,3-8H2,1-2H3,(H,14,16). The second-order valence-corrected chi connectivity index (χ2v) is 5.12. The number of piperidine rings is 1. The summed E-state index contributed by atoms with van der Waals surface area (Å²) in [6.07, 6.45) is 4.73. The highest BCUT2D eigenvalue weighted by Gasteiger charge is 2.30. The van der Waals surface area contributed by atoms with Crippen LogP contribution in [0.4, 0.5) is 0 Å². The van der Waals surface area contributed by atoms with E-state index < -0.39 is 0 Å². The van der Waals surface area contributed by atoms with E-state index in [4.69, 9.17) is 0 Å². The van der Waals surface area contributed by atoms with Gasteiger partial charge in [0.1, 0.15) is 0 Å². The zero-order valence-corrected chi connectivity index (χ0v) is 10.3. The smallest absolute Gasteiger partial charge is 0.237 e. The second kappa shape index (κ2) is 5.15. The van der Waals surface area contributed by atoms with Crippen molar-refractivity contribution < 1.29 is 4.79 Å². The van der Waals surface area contributed by atoms with Crippen molar-refractivity contribution in [3.63, 3.8) is 0 Å². The molecule has 2 fully saturated rings. The molecule has 1 saturated carbocycles. The summed E-state index contributed by atoms with van der Waals surface area (Å²) >= 11 is 0. The van der Waals surface area contributed by atoms with Gasteiger partial charge >= 0.3 is 0 Å². The fourth-order valence-corrected chi connectivity index (χ4v) is 2.23. The lowest BCUT2D eigenvalue weighted by Crippen LogP contribution is -2.52. The Bertz CT molecular complexity index is 247. The summed E-state index contributed by atoms with van der Waals surface area (Å²) < 4.78 is 0. The van der Waals surface area contributed by atoms with Crippen molar-refractivity contribution in [1.82, 2.24) is 15.5 Å². The fraction of sp³-hybridized carbons (Fsp3) is 0.917. The molecule has 0 aromatic rings. The Morgan fingerprint density at radius 2 is 2.19 bits per heavy atom. The number of hydrogen-bond acceptors (Lipinski definition) is 3. The van der Waals surface area contributed by atoms with Gasteiger partial charge in [0.05, 0.1) is 6.04 Å². The highest BCUT2D eigenvalue weighted by molar-refractivity contribution is 5.81. The molecule has 1 aliphatic carbocycles. The molecule has 0 spiro atoms. The average Bonchev–Trinajstić information content (AvgIpc) is 3.12. The van der Waals surface area contributed by atoms with Crippen LogP contribution in [0.15, 0.2) is 0 Å².